The van der Waals surface area contributed by atoms with Gasteiger partial charge in [-0.05, 0) is 64.2 Å². The number of allylic oxidation sites excluding steroid dienone is 2. The van der Waals surface area contributed by atoms with Crippen LogP contribution in [0.25, 0.3) is 0 Å². The number of ketones is 1. The van der Waals surface area contributed by atoms with Gasteiger partial charge in [0.25, 0.3) is 0 Å². The lowest BCUT2D eigenvalue weighted by molar-refractivity contribution is -0.265. The van der Waals surface area contributed by atoms with Crippen LogP contribution in [0.3, 0.4) is 0 Å². The van der Waals surface area contributed by atoms with Crippen LogP contribution in [0, 0.1) is 28.1 Å². The number of hydrogen-bond acceptors (Lipinski definition) is 9. The van der Waals surface area contributed by atoms with Crippen LogP contribution in [0.2, 0.25) is 0 Å². The molecule has 0 bridgehead atoms. The highest BCUT2D eigenvalue weighted by Crippen LogP contribution is 2.72. The van der Waals surface area contributed by atoms with Crippen LogP contribution in [0.4, 0.5) is 0 Å². The number of aliphatic hydroxyl groups excluding tert-OH is 1. The minimum atomic E-state index is -1.32. The van der Waals surface area contributed by atoms with Gasteiger partial charge in [0.05, 0.1) is 31.0 Å². The van der Waals surface area contributed by atoms with Gasteiger partial charge in [0, 0.05) is 40.2 Å². The molecule has 0 unspecified atom stereocenters. The van der Waals surface area contributed by atoms with Gasteiger partial charge in [-0.15, -0.1) is 0 Å². The van der Waals surface area contributed by atoms with Crippen molar-refractivity contribution in [1.82, 2.24) is 0 Å². The van der Waals surface area contributed by atoms with E-state index in [1.807, 2.05) is 20.8 Å². The molecule has 1 aliphatic heterocycles. The van der Waals surface area contributed by atoms with Crippen LogP contribution >= 0.6 is 0 Å². The number of cyclic esters (lactones) is 1. The van der Waals surface area contributed by atoms with Gasteiger partial charge < -0.3 is 23.7 Å². The molecule has 3 aliphatic carbocycles. The standard InChI is InChI=1S/C33H42O9/c1-9-17(2)29(38)41-28-26(37)27-30(4,5)42-24(36)15-23(40-18(3)34)33(27,8)21-10-12-31(6)22(32(21,28)7)14-20(35)25(31)19-11-13-39-16-19/h9,11,13-14,16,21,23,25-28,37H,10,12,15H2,1-8H3/b17-9-/t21-,23-,25+,26-,27-,28-,31+,32+,33-/m0/s1. The first-order valence-electron chi connectivity index (χ1n) is 14.7. The third-order valence-electron chi connectivity index (χ3n) is 11.1. The molecular weight excluding hydrogens is 540 g/mol. The molecule has 3 fully saturated rings. The summed E-state index contributed by atoms with van der Waals surface area (Å²) in [6.45, 7) is 14.1. The number of rotatable bonds is 4. The van der Waals surface area contributed by atoms with E-state index >= 15 is 0 Å². The Morgan fingerprint density at radius 1 is 1.10 bits per heavy atom. The monoisotopic (exact) mass is 582 g/mol. The fraction of sp³-hybridized carbons (Fsp3) is 0.636. The lowest BCUT2D eigenvalue weighted by Crippen LogP contribution is -2.72. The Kier molecular flexibility index (Phi) is 7.16. The van der Waals surface area contributed by atoms with Crippen molar-refractivity contribution >= 4 is 23.7 Å². The zero-order valence-electron chi connectivity index (χ0n) is 25.7. The van der Waals surface area contributed by atoms with E-state index in [-0.39, 0.29) is 18.1 Å². The quantitative estimate of drug-likeness (QED) is 0.302. The summed E-state index contributed by atoms with van der Waals surface area (Å²) < 4.78 is 23.4. The Bertz CT molecular complexity index is 1370. The van der Waals surface area contributed by atoms with Crippen molar-refractivity contribution in [3.63, 3.8) is 0 Å². The van der Waals surface area contributed by atoms with Crippen LogP contribution in [-0.2, 0) is 33.4 Å². The second-order valence-electron chi connectivity index (χ2n) is 13.8. The molecule has 9 nitrogen and oxygen atoms in total. The molecule has 228 valence electrons. The number of ether oxygens (including phenoxy) is 3. The summed E-state index contributed by atoms with van der Waals surface area (Å²) >= 11 is 0. The predicted molar refractivity (Wildman–Crippen MR) is 151 cm³/mol. The third-order valence-corrected chi connectivity index (χ3v) is 11.1. The summed E-state index contributed by atoms with van der Waals surface area (Å²) in [5.41, 5.74) is -1.97. The zero-order valence-corrected chi connectivity index (χ0v) is 25.7. The fourth-order valence-electron chi connectivity index (χ4n) is 9.48. The van der Waals surface area contributed by atoms with Gasteiger partial charge in [0.1, 0.15) is 17.8 Å². The van der Waals surface area contributed by atoms with Gasteiger partial charge in [-0.25, -0.2) is 4.79 Å². The molecule has 1 saturated heterocycles. The van der Waals surface area contributed by atoms with Crippen LogP contribution in [0.1, 0.15) is 86.1 Å². The molecular formula is C33H42O9. The smallest absolute Gasteiger partial charge is 0.333 e. The Hall–Kier alpha value is -3.20. The molecule has 0 amide bonds. The first kappa shape index (κ1) is 30.3. The van der Waals surface area contributed by atoms with Crippen molar-refractivity contribution in [2.45, 2.75) is 104 Å². The number of hydrogen-bond donors (Lipinski definition) is 1. The number of aliphatic hydroxyl groups is 1. The Labute approximate surface area is 246 Å². The summed E-state index contributed by atoms with van der Waals surface area (Å²) in [5.74, 6) is -3.37. The number of carbonyl (C=O) groups excluding carboxylic acids is 4. The lowest BCUT2D eigenvalue weighted by atomic mass is 9.39. The van der Waals surface area contributed by atoms with Crippen molar-refractivity contribution in [3.05, 3.63) is 47.5 Å². The summed E-state index contributed by atoms with van der Waals surface area (Å²) in [6, 6.07) is 1.80. The molecule has 5 rings (SSSR count). The number of fused-ring (bicyclic) bond motifs is 5. The van der Waals surface area contributed by atoms with Crippen molar-refractivity contribution in [3.8, 4) is 0 Å². The van der Waals surface area contributed by atoms with Gasteiger partial charge in [0.15, 0.2) is 5.78 Å². The summed E-state index contributed by atoms with van der Waals surface area (Å²) in [6.07, 6.45) is 4.12. The second kappa shape index (κ2) is 9.93. The SMILES string of the molecule is C/C=C(/C)C(=O)O[C@H]1[C@@H](O)[C@H]2C(C)(C)OC(=O)C[C@H](OC(C)=O)[C@]2(C)[C@H]2CC[C@]3(C)C(=CC(=O)[C@H]3c3ccoc3)[C@]12C. The molecule has 4 aliphatic rings. The highest BCUT2D eigenvalue weighted by molar-refractivity contribution is 6.00. The molecule has 0 spiro atoms. The van der Waals surface area contributed by atoms with Gasteiger partial charge in [-0.1, -0.05) is 26.8 Å². The molecule has 9 atom stereocenters. The van der Waals surface area contributed by atoms with Crippen LogP contribution < -0.4 is 0 Å². The van der Waals surface area contributed by atoms with E-state index in [0.29, 0.717) is 18.4 Å². The molecule has 1 aromatic heterocycles. The number of esters is 3. The average molecular weight is 583 g/mol. The normalized spacial score (nSPS) is 41.0. The van der Waals surface area contributed by atoms with Crippen LogP contribution in [0.15, 0.2) is 46.3 Å². The Balaban J connectivity index is 1.76. The average Bonchev–Trinajstić information content (AvgIpc) is 3.48. The maximum atomic E-state index is 13.8. The molecule has 42 heavy (non-hydrogen) atoms. The highest BCUT2D eigenvalue weighted by Gasteiger charge is 2.74. The van der Waals surface area contributed by atoms with Crippen LogP contribution in [-0.4, -0.2) is 52.7 Å². The summed E-state index contributed by atoms with van der Waals surface area (Å²) in [4.78, 5) is 52.7. The topological polar surface area (TPSA) is 129 Å². The largest absolute Gasteiger partial charge is 0.472 e. The second-order valence-corrected chi connectivity index (χ2v) is 13.8. The fourth-order valence-corrected chi connectivity index (χ4v) is 9.48. The summed E-state index contributed by atoms with van der Waals surface area (Å²) in [7, 11) is 0. The highest BCUT2D eigenvalue weighted by atomic mass is 16.6. The molecule has 2 heterocycles. The minimum absolute atomic E-state index is 0.0801. The van der Waals surface area contributed by atoms with Gasteiger partial charge in [0.2, 0.25) is 0 Å². The molecule has 9 heteroatoms. The molecule has 0 aromatic carbocycles. The maximum absolute atomic E-state index is 13.8. The molecule has 1 N–H and O–H groups in total. The van der Waals surface area contributed by atoms with Crippen LogP contribution in [0.5, 0.6) is 0 Å². The Morgan fingerprint density at radius 3 is 2.38 bits per heavy atom. The van der Waals surface area contributed by atoms with E-state index in [1.54, 1.807) is 58.4 Å². The van der Waals surface area contributed by atoms with Gasteiger partial charge in [-0.3, -0.25) is 14.4 Å². The van der Waals surface area contributed by atoms with Crippen molar-refractivity contribution in [1.29, 1.82) is 0 Å². The molecule has 1 aromatic rings. The van der Waals surface area contributed by atoms with E-state index in [0.717, 1.165) is 11.1 Å². The predicted octanol–water partition coefficient (Wildman–Crippen LogP) is 4.83. The first-order chi connectivity index (χ1) is 19.5. The zero-order chi connectivity index (χ0) is 31.0. The molecule has 0 radical (unpaired) electrons. The van der Waals surface area contributed by atoms with E-state index in [9.17, 15) is 24.3 Å². The van der Waals surface area contributed by atoms with Crippen molar-refractivity contribution < 1.29 is 42.9 Å². The first-order valence-corrected chi connectivity index (χ1v) is 14.7. The third kappa shape index (κ3) is 4.13. The van der Waals surface area contributed by atoms with Gasteiger partial charge in [-0.2, -0.15) is 0 Å². The van der Waals surface area contributed by atoms with E-state index in [1.165, 1.54) is 6.92 Å². The van der Waals surface area contributed by atoms with E-state index in [4.69, 9.17) is 18.6 Å². The van der Waals surface area contributed by atoms with Crippen molar-refractivity contribution in [2.24, 2.45) is 28.1 Å². The van der Waals surface area contributed by atoms with E-state index in [2.05, 4.69) is 0 Å². The maximum Gasteiger partial charge on any atom is 0.333 e. The van der Waals surface area contributed by atoms with Gasteiger partial charge >= 0.3 is 17.9 Å². The van der Waals surface area contributed by atoms with E-state index < -0.39 is 69.9 Å². The lowest BCUT2D eigenvalue weighted by Gasteiger charge is -2.67. The number of carbonyl (C=O) groups is 4. The molecule has 2 saturated carbocycles. The number of furan rings is 1. The Morgan fingerprint density at radius 2 is 1.79 bits per heavy atom. The minimum Gasteiger partial charge on any atom is -0.472 e. The van der Waals surface area contributed by atoms with Crippen molar-refractivity contribution in [2.75, 3.05) is 0 Å². The summed E-state index contributed by atoms with van der Waals surface area (Å²) in [5, 5.41) is 12.4.